The predicted octanol–water partition coefficient (Wildman–Crippen LogP) is 5.15. The zero-order valence-electron chi connectivity index (χ0n) is 17.9. The molecule has 6 heteroatoms. The first-order valence-electron chi connectivity index (χ1n) is 10.4. The number of rotatable bonds is 9. The Balaban J connectivity index is 1.64. The summed E-state index contributed by atoms with van der Waals surface area (Å²) in [5.41, 5.74) is 7.99. The minimum Gasteiger partial charge on any atom is -0.460 e. The normalized spacial score (nSPS) is 13.9. The number of carbonyl (C=O) groups excluding carboxylic acids is 1. The summed E-state index contributed by atoms with van der Waals surface area (Å²) in [4.78, 5) is 12.7. The number of nitrogens with two attached hydrogens (primary N) is 1. The van der Waals surface area contributed by atoms with Gasteiger partial charge in [-0.1, -0.05) is 72.3 Å². The Hall–Kier alpha value is -2.73. The van der Waals surface area contributed by atoms with Crippen molar-refractivity contribution in [1.29, 1.82) is 0 Å². The molecule has 3 N–H and O–H groups in total. The number of ether oxygens (including phenoxy) is 1. The van der Waals surface area contributed by atoms with Crippen LogP contribution in [0.2, 0.25) is 5.02 Å². The molecule has 0 saturated heterocycles. The zero-order chi connectivity index (χ0) is 23.1. The quantitative estimate of drug-likeness (QED) is 0.438. The average Bonchev–Trinajstić information content (AvgIpc) is 2.79. The molecule has 0 aliphatic heterocycles. The third kappa shape index (κ3) is 5.94. The number of aliphatic hydroxyl groups excluding tert-OH is 1. The second kappa shape index (κ2) is 10.7. The number of halogens is 2. The van der Waals surface area contributed by atoms with Gasteiger partial charge in [0.2, 0.25) is 0 Å². The summed E-state index contributed by atoms with van der Waals surface area (Å²) in [5.74, 6) is -0.818. The van der Waals surface area contributed by atoms with E-state index in [1.54, 1.807) is 37.3 Å². The van der Waals surface area contributed by atoms with Gasteiger partial charge in [-0.2, -0.15) is 0 Å². The van der Waals surface area contributed by atoms with Crippen LogP contribution in [0.15, 0.2) is 72.8 Å². The van der Waals surface area contributed by atoms with Gasteiger partial charge in [-0.25, -0.2) is 4.39 Å². The Kier molecular flexibility index (Phi) is 8.02. The second-order valence-corrected chi connectivity index (χ2v) is 8.64. The minimum absolute atomic E-state index is 0.133. The molecule has 2 unspecified atom stereocenters. The largest absolute Gasteiger partial charge is 0.460 e. The molecule has 0 spiro atoms. The van der Waals surface area contributed by atoms with Gasteiger partial charge in [0.1, 0.15) is 12.4 Å². The molecule has 168 valence electrons. The zero-order valence-corrected chi connectivity index (χ0v) is 18.7. The molecule has 2 atom stereocenters. The first-order valence-corrected chi connectivity index (χ1v) is 10.8. The van der Waals surface area contributed by atoms with Crippen LogP contribution in [0.4, 0.5) is 4.39 Å². The monoisotopic (exact) mass is 455 g/mol. The van der Waals surface area contributed by atoms with E-state index in [9.17, 15) is 14.3 Å². The Morgan fingerprint density at radius 1 is 1.12 bits per heavy atom. The van der Waals surface area contributed by atoms with Crippen molar-refractivity contribution in [3.63, 3.8) is 0 Å². The molecule has 3 aromatic rings. The number of carbonyl (C=O) groups is 1. The minimum atomic E-state index is -1.13. The van der Waals surface area contributed by atoms with Crippen molar-refractivity contribution in [1.82, 2.24) is 0 Å². The molecule has 0 aliphatic rings. The highest BCUT2D eigenvalue weighted by Crippen LogP contribution is 2.30. The highest BCUT2D eigenvalue weighted by atomic mass is 35.5. The fraction of sp³-hybridized carbons (Fsp3) is 0.269. The first kappa shape index (κ1) is 23.9. The van der Waals surface area contributed by atoms with Crippen molar-refractivity contribution in [3.8, 4) is 11.1 Å². The number of hydrogen-bond acceptors (Lipinski definition) is 4. The van der Waals surface area contributed by atoms with Crippen molar-refractivity contribution in [2.75, 3.05) is 6.61 Å². The summed E-state index contributed by atoms with van der Waals surface area (Å²) in [6, 6.07) is 20.7. The molecular formula is C26H27ClFNO3. The van der Waals surface area contributed by atoms with Crippen molar-refractivity contribution >= 4 is 17.6 Å². The maximum Gasteiger partial charge on any atom is 0.314 e. The van der Waals surface area contributed by atoms with E-state index in [1.165, 1.54) is 6.07 Å². The SMILES string of the molecule is CC(CO)(CC(N)Cc1ccc(-c2ccccc2F)cc1Cl)C(=O)OCc1ccccc1. The summed E-state index contributed by atoms with van der Waals surface area (Å²) in [5, 5.41) is 10.4. The fourth-order valence-corrected chi connectivity index (χ4v) is 3.88. The summed E-state index contributed by atoms with van der Waals surface area (Å²) in [6.45, 7) is 1.39. The molecule has 0 aliphatic carbocycles. The summed E-state index contributed by atoms with van der Waals surface area (Å²) >= 11 is 6.44. The Bertz CT molecular complexity index is 1060. The van der Waals surface area contributed by atoms with Crippen LogP contribution >= 0.6 is 11.6 Å². The average molecular weight is 456 g/mol. The smallest absolute Gasteiger partial charge is 0.314 e. The summed E-state index contributed by atoms with van der Waals surface area (Å²) in [6.07, 6.45) is 0.625. The molecule has 3 aromatic carbocycles. The van der Waals surface area contributed by atoms with Crippen LogP contribution < -0.4 is 5.73 Å². The van der Waals surface area contributed by atoms with Crippen LogP contribution in [0.3, 0.4) is 0 Å². The van der Waals surface area contributed by atoms with Crippen LogP contribution in [0.1, 0.15) is 24.5 Å². The van der Waals surface area contributed by atoms with Crippen LogP contribution in [-0.4, -0.2) is 23.7 Å². The fourth-order valence-electron chi connectivity index (χ4n) is 3.62. The maximum atomic E-state index is 14.1. The molecular weight excluding hydrogens is 429 g/mol. The number of hydrogen-bond donors (Lipinski definition) is 2. The highest BCUT2D eigenvalue weighted by molar-refractivity contribution is 6.31. The van der Waals surface area contributed by atoms with Gasteiger partial charge in [0, 0.05) is 16.6 Å². The van der Waals surface area contributed by atoms with Gasteiger partial charge in [-0.3, -0.25) is 4.79 Å². The standard InChI is InChI=1S/C26H27ClFNO3/c1-26(17-30,25(31)32-16-18-7-3-2-4-8-18)15-21(29)13-20-12-11-19(14-23(20)27)22-9-5-6-10-24(22)28/h2-12,14,21,30H,13,15-17,29H2,1H3. The lowest BCUT2D eigenvalue weighted by Gasteiger charge is -2.28. The van der Waals surface area contributed by atoms with E-state index in [1.807, 2.05) is 36.4 Å². The second-order valence-electron chi connectivity index (χ2n) is 8.23. The van der Waals surface area contributed by atoms with Crippen molar-refractivity contribution in [2.24, 2.45) is 11.1 Å². The van der Waals surface area contributed by atoms with Gasteiger partial charge in [-0.05, 0) is 48.6 Å². The first-order chi connectivity index (χ1) is 15.3. The van der Waals surface area contributed by atoms with Crippen LogP contribution in [0.25, 0.3) is 11.1 Å². The molecule has 32 heavy (non-hydrogen) atoms. The van der Waals surface area contributed by atoms with Gasteiger partial charge in [0.05, 0.1) is 12.0 Å². The van der Waals surface area contributed by atoms with Crippen molar-refractivity contribution in [3.05, 3.63) is 94.8 Å². The molecule has 0 amide bonds. The number of benzene rings is 3. The Labute approximate surface area is 192 Å². The van der Waals surface area contributed by atoms with Crippen LogP contribution in [0, 0.1) is 11.2 Å². The van der Waals surface area contributed by atoms with E-state index in [4.69, 9.17) is 22.1 Å². The molecule has 4 nitrogen and oxygen atoms in total. The summed E-state index contributed by atoms with van der Waals surface area (Å²) < 4.78 is 19.5. The van der Waals surface area contributed by atoms with Gasteiger partial charge in [-0.15, -0.1) is 0 Å². The third-order valence-corrected chi connectivity index (χ3v) is 5.84. The van der Waals surface area contributed by atoms with Gasteiger partial charge in [0.15, 0.2) is 0 Å². The topological polar surface area (TPSA) is 72.5 Å². The molecule has 0 heterocycles. The third-order valence-electron chi connectivity index (χ3n) is 5.49. The lowest BCUT2D eigenvalue weighted by atomic mass is 9.83. The number of aliphatic hydroxyl groups is 1. The van der Waals surface area contributed by atoms with Gasteiger partial charge < -0.3 is 15.6 Å². The van der Waals surface area contributed by atoms with Crippen molar-refractivity contribution < 1.29 is 19.0 Å². The van der Waals surface area contributed by atoms with E-state index < -0.39 is 17.4 Å². The number of esters is 1. The molecule has 0 aromatic heterocycles. The van der Waals surface area contributed by atoms with E-state index >= 15 is 0 Å². The van der Waals surface area contributed by atoms with Gasteiger partial charge in [0.25, 0.3) is 0 Å². The Morgan fingerprint density at radius 2 is 1.81 bits per heavy atom. The lowest BCUT2D eigenvalue weighted by molar-refractivity contribution is -0.159. The van der Waals surface area contributed by atoms with Crippen molar-refractivity contribution in [2.45, 2.75) is 32.4 Å². The van der Waals surface area contributed by atoms with Crippen LogP contribution in [-0.2, 0) is 22.6 Å². The van der Waals surface area contributed by atoms with E-state index in [2.05, 4.69) is 0 Å². The lowest BCUT2D eigenvalue weighted by Crippen LogP contribution is -2.40. The van der Waals surface area contributed by atoms with Crippen LogP contribution in [0.5, 0.6) is 0 Å². The molecule has 0 bridgehead atoms. The van der Waals surface area contributed by atoms with E-state index in [0.717, 1.165) is 11.1 Å². The Morgan fingerprint density at radius 3 is 2.47 bits per heavy atom. The molecule has 3 rings (SSSR count). The molecule has 0 fully saturated rings. The predicted molar refractivity (Wildman–Crippen MR) is 125 cm³/mol. The molecule has 0 radical (unpaired) electrons. The van der Waals surface area contributed by atoms with Gasteiger partial charge >= 0.3 is 5.97 Å². The van der Waals surface area contributed by atoms with E-state index in [0.29, 0.717) is 22.6 Å². The maximum absolute atomic E-state index is 14.1. The highest BCUT2D eigenvalue weighted by Gasteiger charge is 2.36. The van der Waals surface area contributed by atoms with E-state index in [-0.39, 0.29) is 25.5 Å². The molecule has 0 saturated carbocycles. The summed E-state index contributed by atoms with van der Waals surface area (Å²) in [7, 11) is 0.